The number of hydrogen-bond donors (Lipinski definition) is 1. The third kappa shape index (κ3) is 3.84. The molecule has 1 amide bonds. The van der Waals surface area contributed by atoms with Crippen LogP contribution in [0.1, 0.15) is 60.7 Å². The van der Waals surface area contributed by atoms with Gasteiger partial charge in [-0.2, -0.15) is 23.4 Å². The average Bonchev–Trinajstić information content (AvgIpc) is 3.32. The van der Waals surface area contributed by atoms with Crippen LogP contribution in [0.4, 0.5) is 19.0 Å². The Bertz CT molecular complexity index is 881. The van der Waals surface area contributed by atoms with Crippen molar-refractivity contribution in [3.05, 3.63) is 29.7 Å². The van der Waals surface area contributed by atoms with Crippen LogP contribution in [0.2, 0.25) is 0 Å². The number of rotatable bonds is 3. The van der Waals surface area contributed by atoms with Crippen LogP contribution < -0.4 is 5.32 Å². The Morgan fingerprint density at radius 2 is 2.00 bits per heavy atom. The van der Waals surface area contributed by atoms with E-state index in [0.717, 1.165) is 4.68 Å². The second-order valence-electron chi connectivity index (χ2n) is 7.88. The zero-order valence-corrected chi connectivity index (χ0v) is 16.5. The van der Waals surface area contributed by atoms with E-state index in [2.05, 4.69) is 15.5 Å². The fourth-order valence-electron chi connectivity index (χ4n) is 4.21. The lowest BCUT2D eigenvalue weighted by atomic mass is 9.93. The number of alkyl halides is 3. The Labute approximate surface area is 166 Å². The number of nitrogens with zero attached hydrogens (tertiary/aromatic N) is 5. The molecule has 1 fully saturated rings. The molecule has 0 spiro atoms. The first kappa shape index (κ1) is 19.8. The van der Waals surface area contributed by atoms with Crippen molar-refractivity contribution in [1.29, 1.82) is 0 Å². The van der Waals surface area contributed by atoms with Gasteiger partial charge in [-0.25, -0.2) is 4.68 Å². The monoisotopic (exact) mass is 410 g/mol. The fraction of sp³-hybridized carbons (Fsp3) is 0.632. The van der Waals surface area contributed by atoms with Gasteiger partial charge in [0.15, 0.2) is 6.04 Å². The van der Waals surface area contributed by atoms with Crippen LogP contribution in [-0.2, 0) is 7.05 Å². The Balaban J connectivity index is 1.47. The molecular formula is C19H25F3N6O. The van der Waals surface area contributed by atoms with E-state index in [-0.39, 0.29) is 24.3 Å². The van der Waals surface area contributed by atoms with Crippen molar-refractivity contribution in [3.8, 4) is 0 Å². The van der Waals surface area contributed by atoms with Crippen LogP contribution in [0.3, 0.4) is 0 Å². The molecule has 158 valence electrons. The van der Waals surface area contributed by atoms with Gasteiger partial charge in [-0.05, 0) is 31.7 Å². The summed E-state index contributed by atoms with van der Waals surface area (Å²) in [6.07, 6.45) is -0.645. The molecule has 0 aromatic carbocycles. The topological polar surface area (TPSA) is 68.0 Å². The molecule has 1 N–H and O–H groups in total. The lowest BCUT2D eigenvalue weighted by molar-refractivity contribution is -0.173. The van der Waals surface area contributed by atoms with E-state index in [1.165, 1.54) is 0 Å². The second-order valence-corrected chi connectivity index (χ2v) is 7.88. The number of halogens is 3. The number of amides is 1. The number of carbonyl (C=O) groups is 1. The Hall–Kier alpha value is -2.52. The van der Waals surface area contributed by atoms with E-state index in [9.17, 15) is 18.0 Å². The van der Waals surface area contributed by atoms with Gasteiger partial charge in [0.25, 0.3) is 5.91 Å². The predicted octanol–water partition coefficient (Wildman–Crippen LogP) is 3.33. The van der Waals surface area contributed by atoms with Crippen LogP contribution in [0.5, 0.6) is 0 Å². The van der Waals surface area contributed by atoms with Gasteiger partial charge in [0.05, 0.1) is 5.69 Å². The molecule has 0 radical (unpaired) electrons. The van der Waals surface area contributed by atoms with Gasteiger partial charge in [-0.1, -0.05) is 6.92 Å². The summed E-state index contributed by atoms with van der Waals surface area (Å²) in [6.45, 7) is 2.96. The standard InChI is InChI=1S/C19H25F3N6O/c1-3-13-10-16(19(20,21)22)28-17(23-13)11-15(25-28)12-4-8-27(9-5-12)18(29)14-6-7-26(2)24-14/h6-7,11-13,16,23H,3-5,8-10H2,1-2H3/t13-,16-/m1/s1. The molecule has 2 aliphatic heterocycles. The molecule has 29 heavy (non-hydrogen) atoms. The zero-order chi connectivity index (χ0) is 20.8. The average molecular weight is 410 g/mol. The van der Waals surface area contributed by atoms with Crippen molar-refractivity contribution < 1.29 is 18.0 Å². The van der Waals surface area contributed by atoms with Crippen LogP contribution in [0.15, 0.2) is 18.3 Å². The SMILES string of the molecule is CC[C@@H]1C[C@H](C(F)(F)F)n2nc(C3CCN(C(=O)c4ccn(C)n4)CC3)cc2N1. The molecule has 2 atom stereocenters. The molecule has 2 aromatic heterocycles. The van der Waals surface area contributed by atoms with Gasteiger partial charge in [-0.3, -0.25) is 9.48 Å². The maximum absolute atomic E-state index is 13.5. The summed E-state index contributed by atoms with van der Waals surface area (Å²) in [7, 11) is 1.76. The summed E-state index contributed by atoms with van der Waals surface area (Å²) in [5.74, 6) is 0.363. The third-order valence-corrected chi connectivity index (χ3v) is 5.91. The maximum atomic E-state index is 13.5. The summed E-state index contributed by atoms with van der Waals surface area (Å²) in [5, 5.41) is 11.7. The van der Waals surface area contributed by atoms with Crippen molar-refractivity contribution in [1.82, 2.24) is 24.5 Å². The van der Waals surface area contributed by atoms with E-state index in [1.54, 1.807) is 35.0 Å². The maximum Gasteiger partial charge on any atom is 0.410 e. The molecule has 0 saturated carbocycles. The van der Waals surface area contributed by atoms with Crippen molar-refractivity contribution in [3.63, 3.8) is 0 Å². The summed E-state index contributed by atoms with van der Waals surface area (Å²) in [5.41, 5.74) is 1.08. The highest BCUT2D eigenvalue weighted by molar-refractivity contribution is 5.92. The number of carbonyl (C=O) groups excluding carboxylic acids is 1. The van der Waals surface area contributed by atoms with E-state index in [1.807, 2.05) is 6.92 Å². The minimum absolute atomic E-state index is 0.00879. The largest absolute Gasteiger partial charge is 0.410 e. The molecule has 1 saturated heterocycles. The first-order valence-electron chi connectivity index (χ1n) is 9.98. The first-order valence-corrected chi connectivity index (χ1v) is 9.98. The van der Waals surface area contributed by atoms with Gasteiger partial charge in [-0.15, -0.1) is 0 Å². The smallest absolute Gasteiger partial charge is 0.367 e. The van der Waals surface area contributed by atoms with Crippen LogP contribution in [0.25, 0.3) is 0 Å². The normalized spacial score (nSPS) is 23.0. The van der Waals surface area contributed by atoms with Gasteiger partial charge >= 0.3 is 6.18 Å². The molecule has 4 heterocycles. The number of anilines is 1. The molecule has 4 rings (SSSR count). The van der Waals surface area contributed by atoms with E-state index >= 15 is 0 Å². The van der Waals surface area contributed by atoms with E-state index in [0.29, 0.717) is 49.6 Å². The summed E-state index contributed by atoms with van der Waals surface area (Å²) in [6, 6.07) is 1.63. The van der Waals surface area contributed by atoms with E-state index in [4.69, 9.17) is 0 Å². The van der Waals surface area contributed by atoms with Gasteiger partial charge < -0.3 is 10.2 Å². The lowest BCUT2D eigenvalue weighted by Crippen LogP contribution is -2.39. The second kappa shape index (κ2) is 7.38. The number of likely N-dealkylation sites (tertiary alicyclic amines) is 1. The van der Waals surface area contributed by atoms with Crippen molar-refractivity contribution in [2.24, 2.45) is 7.05 Å². The van der Waals surface area contributed by atoms with Crippen molar-refractivity contribution in [2.75, 3.05) is 18.4 Å². The summed E-state index contributed by atoms with van der Waals surface area (Å²) >= 11 is 0. The third-order valence-electron chi connectivity index (χ3n) is 5.91. The molecule has 7 nitrogen and oxygen atoms in total. The number of piperidine rings is 1. The highest BCUT2D eigenvalue weighted by Crippen LogP contribution is 2.41. The number of nitrogens with one attached hydrogen (secondary N) is 1. The van der Waals surface area contributed by atoms with Crippen LogP contribution in [-0.4, -0.2) is 55.7 Å². The molecular weight excluding hydrogens is 385 g/mol. The summed E-state index contributed by atoms with van der Waals surface area (Å²) < 4.78 is 43.3. The van der Waals surface area contributed by atoms with Crippen LogP contribution >= 0.6 is 0 Å². The van der Waals surface area contributed by atoms with Crippen molar-refractivity contribution >= 4 is 11.7 Å². The molecule has 0 aliphatic carbocycles. The molecule has 0 unspecified atom stereocenters. The van der Waals surface area contributed by atoms with Crippen LogP contribution in [0, 0.1) is 0 Å². The highest BCUT2D eigenvalue weighted by atomic mass is 19.4. The zero-order valence-electron chi connectivity index (χ0n) is 16.5. The molecule has 0 bridgehead atoms. The number of hydrogen-bond acceptors (Lipinski definition) is 4. The summed E-state index contributed by atoms with van der Waals surface area (Å²) in [4.78, 5) is 14.3. The van der Waals surface area contributed by atoms with Crippen molar-refractivity contribution in [2.45, 2.75) is 56.8 Å². The highest BCUT2D eigenvalue weighted by Gasteiger charge is 2.46. The van der Waals surface area contributed by atoms with Gasteiger partial charge in [0, 0.05) is 44.4 Å². The molecule has 2 aromatic rings. The first-order chi connectivity index (χ1) is 13.8. The number of fused-ring (bicyclic) bond motifs is 1. The predicted molar refractivity (Wildman–Crippen MR) is 101 cm³/mol. The fourth-order valence-corrected chi connectivity index (χ4v) is 4.21. The molecule has 2 aliphatic rings. The van der Waals surface area contributed by atoms with Gasteiger partial charge in [0.2, 0.25) is 0 Å². The Morgan fingerprint density at radius 3 is 2.59 bits per heavy atom. The minimum Gasteiger partial charge on any atom is -0.367 e. The lowest BCUT2D eigenvalue weighted by Gasteiger charge is -2.32. The van der Waals surface area contributed by atoms with Gasteiger partial charge in [0.1, 0.15) is 11.5 Å². The quantitative estimate of drug-likeness (QED) is 0.843. The van der Waals surface area contributed by atoms with E-state index < -0.39 is 12.2 Å². The molecule has 10 heteroatoms. The Kier molecular flexibility index (Phi) is 5.04. The minimum atomic E-state index is -4.33. The Morgan fingerprint density at radius 1 is 1.28 bits per heavy atom. The number of aryl methyl sites for hydroxylation is 1. The number of aromatic nitrogens is 4.